The van der Waals surface area contributed by atoms with Crippen molar-refractivity contribution in [2.24, 2.45) is 10.2 Å². The molecule has 1 heterocycles. The number of halogens is 1. The fraction of sp³-hybridized carbons (Fsp3) is 0.375. The van der Waals surface area contributed by atoms with E-state index in [4.69, 9.17) is 9.47 Å². The minimum absolute atomic E-state index is 0.00702. The average Bonchev–Trinajstić information content (AvgIpc) is 3.07. The van der Waals surface area contributed by atoms with Crippen LogP contribution in [0.5, 0.6) is 0 Å². The van der Waals surface area contributed by atoms with Crippen molar-refractivity contribution in [2.75, 3.05) is 57.3 Å². The molecule has 0 unspecified atom stereocenters. The van der Waals surface area contributed by atoms with Gasteiger partial charge in [-0.2, -0.15) is 5.26 Å². The summed E-state index contributed by atoms with van der Waals surface area (Å²) >= 11 is 3.27. The van der Waals surface area contributed by atoms with Gasteiger partial charge in [0, 0.05) is 46.5 Å². The molecule has 12 nitrogen and oxygen atoms in total. The highest BCUT2D eigenvalue weighted by Crippen LogP contribution is 2.43. The van der Waals surface area contributed by atoms with E-state index < -0.39 is 15.9 Å². The molecular formula is C24H27BrN6O6S. The second-order valence-electron chi connectivity index (χ2n) is 8.10. The number of nitrogens with zero attached hydrogens (tertiary/aromatic N) is 5. The van der Waals surface area contributed by atoms with Crippen molar-refractivity contribution in [3.63, 3.8) is 0 Å². The number of hydrogen-bond donors (Lipinski definition) is 1. The molecule has 0 aliphatic carbocycles. The maximum absolute atomic E-state index is 12.8. The van der Waals surface area contributed by atoms with Crippen LogP contribution in [-0.2, 0) is 24.3 Å². The number of benzene rings is 2. The van der Waals surface area contributed by atoms with Crippen molar-refractivity contribution in [1.29, 1.82) is 5.26 Å². The lowest BCUT2D eigenvalue weighted by Gasteiger charge is -2.25. The molecule has 1 N–H and O–H groups in total. The first-order valence-corrected chi connectivity index (χ1v) is 13.7. The molecule has 2 amide bonds. The number of carbonyl (C=O) groups is 2. The Morgan fingerprint density at radius 1 is 1.18 bits per heavy atom. The zero-order valence-corrected chi connectivity index (χ0v) is 23.7. The third-order valence-electron chi connectivity index (χ3n) is 5.66. The lowest BCUT2D eigenvalue weighted by atomic mass is 10.1. The highest BCUT2D eigenvalue weighted by molar-refractivity contribution is 9.10. The van der Waals surface area contributed by atoms with Crippen LogP contribution in [0.15, 0.2) is 43.9 Å². The number of amides is 2. The van der Waals surface area contributed by atoms with E-state index in [1.165, 1.54) is 6.92 Å². The van der Waals surface area contributed by atoms with E-state index in [1.54, 1.807) is 39.3 Å². The topological polar surface area (TPSA) is 154 Å². The third-order valence-corrected chi connectivity index (χ3v) is 8.32. The molecule has 0 fully saturated rings. The minimum atomic E-state index is -4.07. The fourth-order valence-corrected chi connectivity index (χ4v) is 6.25. The smallest absolute Gasteiger partial charge is 0.270 e. The predicted octanol–water partition coefficient (Wildman–Crippen LogP) is 3.96. The second kappa shape index (κ2) is 12.4. The van der Waals surface area contributed by atoms with Crippen molar-refractivity contribution in [1.82, 2.24) is 4.31 Å². The first-order valence-electron chi connectivity index (χ1n) is 11.5. The molecule has 202 valence electrons. The molecule has 0 saturated carbocycles. The van der Waals surface area contributed by atoms with Crippen molar-refractivity contribution in [3.8, 4) is 6.07 Å². The number of ether oxygens (including phenoxy) is 2. The van der Waals surface area contributed by atoms with Gasteiger partial charge in [0.15, 0.2) is 0 Å². The molecule has 0 bridgehead atoms. The number of anilines is 2. The Bertz CT molecular complexity index is 1410. The van der Waals surface area contributed by atoms with E-state index >= 15 is 0 Å². The molecule has 1 aliphatic heterocycles. The lowest BCUT2D eigenvalue weighted by Crippen LogP contribution is -2.30. The minimum Gasteiger partial charge on any atom is -0.383 e. The number of rotatable bonds is 11. The molecule has 2 aromatic carbocycles. The average molecular weight is 607 g/mol. The number of azo groups is 1. The summed E-state index contributed by atoms with van der Waals surface area (Å²) in [6.07, 6.45) is 0. The number of carbonyl (C=O) groups excluding carboxylic acids is 2. The summed E-state index contributed by atoms with van der Waals surface area (Å²) in [6, 6.07) is 8.22. The van der Waals surface area contributed by atoms with Crippen molar-refractivity contribution < 1.29 is 27.5 Å². The van der Waals surface area contributed by atoms with Gasteiger partial charge < -0.3 is 19.7 Å². The predicted molar refractivity (Wildman–Crippen MR) is 144 cm³/mol. The van der Waals surface area contributed by atoms with E-state index in [-0.39, 0.29) is 44.3 Å². The number of nitriles is 1. The zero-order chi connectivity index (χ0) is 28.0. The quantitative estimate of drug-likeness (QED) is 0.377. The first-order chi connectivity index (χ1) is 18.1. The maximum atomic E-state index is 12.8. The molecule has 0 atom stereocenters. The Balaban J connectivity index is 2.08. The van der Waals surface area contributed by atoms with Gasteiger partial charge in [0.05, 0.1) is 34.5 Å². The van der Waals surface area contributed by atoms with Crippen LogP contribution in [0.25, 0.3) is 0 Å². The number of fused-ring (bicyclic) bond motifs is 1. The normalized spacial score (nSPS) is 14.0. The summed E-state index contributed by atoms with van der Waals surface area (Å²) in [5, 5.41) is 20.8. The van der Waals surface area contributed by atoms with Crippen LogP contribution in [0.3, 0.4) is 0 Å². The molecule has 1 aliphatic rings. The van der Waals surface area contributed by atoms with Gasteiger partial charge in [0.1, 0.15) is 22.3 Å². The SMILES string of the molecule is CCN1C(=O)c2c(cc(C#N)c(N=Nc3ccc(N(CCOC)CCOC)cc3NC(C)=O)c2Br)S1(=O)=O. The third kappa shape index (κ3) is 5.86. The Hall–Kier alpha value is -3.38. The van der Waals surface area contributed by atoms with Crippen LogP contribution in [0.4, 0.5) is 22.7 Å². The van der Waals surface area contributed by atoms with Gasteiger partial charge in [-0.05, 0) is 47.1 Å². The van der Waals surface area contributed by atoms with Gasteiger partial charge >= 0.3 is 0 Å². The summed E-state index contributed by atoms with van der Waals surface area (Å²) in [5.41, 5.74) is 1.24. The van der Waals surface area contributed by atoms with Crippen molar-refractivity contribution in [2.45, 2.75) is 18.7 Å². The molecule has 0 saturated heterocycles. The van der Waals surface area contributed by atoms with Crippen LogP contribution in [-0.4, -0.2) is 71.6 Å². The molecule has 0 radical (unpaired) electrons. The van der Waals surface area contributed by atoms with Crippen molar-refractivity contribution >= 4 is 60.5 Å². The summed E-state index contributed by atoms with van der Waals surface area (Å²) in [6.45, 7) is 4.97. The fourth-order valence-electron chi connectivity index (χ4n) is 3.84. The van der Waals surface area contributed by atoms with Crippen LogP contribution in [0.1, 0.15) is 29.8 Å². The van der Waals surface area contributed by atoms with Gasteiger partial charge in [-0.3, -0.25) is 9.59 Å². The largest absolute Gasteiger partial charge is 0.383 e. The Morgan fingerprint density at radius 3 is 2.39 bits per heavy atom. The van der Waals surface area contributed by atoms with Crippen LogP contribution < -0.4 is 10.2 Å². The molecule has 14 heteroatoms. The van der Waals surface area contributed by atoms with Crippen LogP contribution in [0.2, 0.25) is 0 Å². The number of methoxy groups -OCH3 is 2. The van der Waals surface area contributed by atoms with Gasteiger partial charge in [0.25, 0.3) is 15.9 Å². The number of hydrogen-bond acceptors (Lipinski definition) is 10. The molecule has 2 aromatic rings. The molecular weight excluding hydrogens is 580 g/mol. The Morgan fingerprint density at radius 2 is 1.84 bits per heavy atom. The summed E-state index contributed by atoms with van der Waals surface area (Å²) < 4.78 is 36.7. The zero-order valence-electron chi connectivity index (χ0n) is 21.3. The number of sulfonamides is 1. The van der Waals surface area contributed by atoms with E-state index in [0.29, 0.717) is 32.0 Å². The van der Waals surface area contributed by atoms with Crippen LogP contribution >= 0.6 is 15.9 Å². The Kier molecular flexibility index (Phi) is 9.55. The first kappa shape index (κ1) is 29.2. The van der Waals surface area contributed by atoms with Gasteiger partial charge in [0.2, 0.25) is 5.91 Å². The van der Waals surface area contributed by atoms with Gasteiger partial charge in [-0.1, -0.05) is 0 Å². The molecule has 0 spiro atoms. The van der Waals surface area contributed by atoms with E-state index in [0.717, 1.165) is 16.1 Å². The molecule has 3 rings (SSSR count). The van der Waals surface area contributed by atoms with Crippen molar-refractivity contribution in [3.05, 3.63) is 39.9 Å². The highest BCUT2D eigenvalue weighted by Gasteiger charge is 2.43. The second-order valence-corrected chi connectivity index (χ2v) is 10.7. The van der Waals surface area contributed by atoms with E-state index in [9.17, 15) is 23.3 Å². The Labute approximate surface area is 229 Å². The van der Waals surface area contributed by atoms with E-state index in [2.05, 4.69) is 31.5 Å². The maximum Gasteiger partial charge on any atom is 0.270 e. The van der Waals surface area contributed by atoms with Gasteiger partial charge in [-0.25, -0.2) is 12.7 Å². The number of nitrogens with one attached hydrogen (secondary N) is 1. The standard InChI is InChI=1S/C24H27BrN6O6S/c1-5-31-24(33)21-20(38(31,34)35)12-16(14-26)23(22(21)25)29-28-18-7-6-17(13-19(18)27-15(2)32)30(8-10-36-3)9-11-37-4/h6-7,12-13H,5,8-11H2,1-4H3,(H,27,32). The summed E-state index contributed by atoms with van der Waals surface area (Å²) in [5.74, 6) is -1.04. The highest BCUT2D eigenvalue weighted by atomic mass is 79.9. The summed E-state index contributed by atoms with van der Waals surface area (Å²) in [4.78, 5) is 26.5. The molecule has 0 aromatic heterocycles. The summed E-state index contributed by atoms with van der Waals surface area (Å²) in [7, 11) is -0.857. The van der Waals surface area contributed by atoms with Gasteiger partial charge in [-0.15, -0.1) is 10.2 Å². The lowest BCUT2D eigenvalue weighted by molar-refractivity contribution is -0.114. The molecule has 38 heavy (non-hydrogen) atoms. The van der Waals surface area contributed by atoms with Crippen LogP contribution in [0, 0.1) is 11.3 Å². The van der Waals surface area contributed by atoms with E-state index in [1.807, 2.05) is 11.0 Å². The monoisotopic (exact) mass is 606 g/mol.